The molecule has 46 heavy (non-hydrogen) atoms. The molecule has 4 aliphatic heterocycles. The van der Waals surface area contributed by atoms with Gasteiger partial charge in [-0.2, -0.15) is 15.2 Å². The molecule has 3 fully saturated rings. The number of benzene rings is 2. The number of nitrogen functional groups attached to an aromatic ring is 1. The topological polar surface area (TPSA) is 101 Å². The minimum Gasteiger partial charge on any atom is -0.489 e. The average Bonchev–Trinajstić information content (AvgIpc) is 3.62. The molecule has 4 aliphatic rings. The van der Waals surface area contributed by atoms with Crippen molar-refractivity contribution >= 4 is 54.7 Å². The van der Waals surface area contributed by atoms with Crippen molar-refractivity contribution in [2.24, 2.45) is 5.92 Å². The lowest BCUT2D eigenvalue weighted by atomic mass is 9.92. The zero-order valence-corrected chi connectivity index (χ0v) is 26.4. The van der Waals surface area contributed by atoms with Crippen molar-refractivity contribution in [3.63, 3.8) is 0 Å². The van der Waals surface area contributed by atoms with Crippen LogP contribution >= 0.6 is 22.9 Å². The molecule has 2 unspecified atom stereocenters. The summed E-state index contributed by atoms with van der Waals surface area (Å²) in [6.45, 7) is 4.25. The number of halogens is 5. The summed E-state index contributed by atoms with van der Waals surface area (Å²) in [5.74, 6) is -3.66. The highest BCUT2D eigenvalue weighted by Gasteiger charge is 2.48. The predicted octanol–water partition coefficient (Wildman–Crippen LogP) is 7.15. The second-order valence-corrected chi connectivity index (χ2v) is 14.4. The first-order valence-corrected chi connectivity index (χ1v) is 16.5. The van der Waals surface area contributed by atoms with Crippen LogP contribution in [-0.2, 0) is 0 Å². The second-order valence-electron chi connectivity index (χ2n) is 13.0. The lowest BCUT2D eigenvalue weighted by Crippen LogP contribution is -2.49. The van der Waals surface area contributed by atoms with Gasteiger partial charge in [-0.3, -0.25) is 4.90 Å². The number of anilines is 2. The fraction of sp³-hybridized carbons (Fsp3) is 0.469. The zero-order valence-electron chi connectivity index (χ0n) is 24.8. The second kappa shape index (κ2) is 10.5. The van der Waals surface area contributed by atoms with Crippen LogP contribution in [0.25, 0.3) is 32.1 Å². The predicted molar refractivity (Wildman–Crippen MR) is 168 cm³/mol. The minimum absolute atomic E-state index is 0.00484. The molecule has 2 aromatic heterocycles. The number of aromatic nitrogens is 2. The molecule has 0 aliphatic carbocycles. The normalized spacial score (nSPS) is 25.3. The van der Waals surface area contributed by atoms with E-state index in [-0.39, 0.29) is 84.0 Å². The molecule has 2 aromatic carbocycles. The van der Waals surface area contributed by atoms with E-state index >= 15 is 4.39 Å². The van der Waals surface area contributed by atoms with Crippen molar-refractivity contribution in [2.75, 3.05) is 43.5 Å². The van der Waals surface area contributed by atoms with E-state index in [4.69, 9.17) is 31.8 Å². The van der Waals surface area contributed by atoms with Crippen LogP contribution in [0.3, 0.4) is 0 Å². The van der Waals surface area contributed by atoms with E-state index in [1.807, 2.05) is 6.07 Å². The third-order valence-corrected chi connectivity index (χ3v) is 11.4. The van der Waals surface area contributed by atoms with Crippen molar-refractivity contribution in [3.8, 4) is 29.0 Å². The molecule has 8 nitrogen and oxygen atoms in total. The van der Waals surface area contributed by atoms with Crippen molar-refractivity contribution in [1.82, 2.24) is 14.9 Å². The summed E-state index contributed by atoms with van der Waals surface area (Å²) in [4.78, 5) is 13.4. The van der Waals surface area contributed by atoms with Gasteiger partial charge in [-0.05, 0) is 43.4 Å². The molecule has 0 amide bonds. The van der Waals surface area contributed by atoms with E-state index in [0.29, 0.717) is 12.5 Å². The lowest BCUT2D eigenvalue weighted by molar-refractivity contribution is -0.0378. The van der Waals surface area contributed by atoms with Crippen LogP contribution in [0.4, 0.5) is 28.4 Å². The van der Waals surface area contributed by atoms with Crippen LogP contribution in [0.15, 0.2) is 12.1 Å². The average molecular weight is 673 g/mol. The van der Waals surface area contributed by atoms with E-state index in [1.54, 1.807) is 4.90 Å². The smallest absolute Gasteiger partial charge is 0.319 e. The molecule has 0 saturated carbocycles. The van der Waals surface area contributed by atoms with Crippen LogP contribution in [0, 0.1) is 28.9 Å². The number of nitriles is 1. The van der Waals surface area contributed by atoms with Crippen LogP contribution in [0.1, 0.15) is 44.6 Å². The summed E-state index contributed by atoms with van der Waals surface area (Å²) in [5, 5.41) is 10.1. The van der Waals surface area contributed by atoms with Gasteiger partial charge in [0.2, 0.25) is 0 Å². The Labute approximate surface area is 270 Å². The zero-order chi connectivity index (χ0) is 32.1. The van der Waals surface area contributed by atoms with Crippen molar-refractivity contribution in [2.45, 2.75) is 56.5 Å². The van der Waals surface area contributed by atoms with Gasteiger partial charge in [0, 0.05) is 36.9 Å². The van der Waals surface area contributed by atoms with E-state index in [2.05, 4.69) is 16.8 Å². The molecule has 3 atom stereocenters. The number of fused-ring (bicyclic) bond motifs is 4. The SMILES string of the molecule is C[C@H]1CN2CCCC2(COc2nc3c4c(c(Cl)c(-c5ccc(F)c6sc(N)c(C#N)c56)c(F)c4n2)OCC2CC(F)(F)CCN32)C1. The largest absolute Gasteiger partial charge is 0.489 e. The molecule has 14 heteroatoms. The molecule has 0 radical (unpaired) electrons. The molecule has 6 heterocycles. The molecular weight excluding hydrogens is 644 g/mol. The van der Waals surface area contributed by atoms with Gasteiger partial charge in [0.15, 0.2) is 11.6 Å². The van der Waals surface area contributed by atoms with E-state index in [9.17, 15) is 18.4 Å². The summed E-state index contributed by atoms with van der Waals surface area (Å²) in [7, 11) is 0. The monoisotopic (exact) mass is 672 g/mol. The molecule has 0 bridgehead atoms. The van der Waals surface area contributed by atoms with Crippen LogP contribution in [0.5, 0.6) is 11.8 Å². The van der Waals surface area contributed by atoms with E-state index in [1.165, 1.54) is 6.07 Å². The number of alkyl halides is 2. The quantitative estimate of drug-likeness (QED) is 0.228. The van der Waals surface area contributed by atoms with Crippen molar-refractivity contribution in [3.05, 3.63) is 34.4 Å². The Kier molecular flexibility index (Phi) is 6.77. The van der Waals surface area contributed by atoms with Gasteiger partial charge in [0.05, 0.1) is 32.3 Å². The Morgan fingerprint density at radius 2 is 2.02 bits per heavy atom. The highest BCUT2D eigenvalue weighted by molar-refractivity contribution is 7.23. The first-order valence-electron chi connectivity index (χ1n) is 15.3. The van der Waals surface area contributed by atoms with Crippen LogP contribution < -0.4 is 20.1 Å². The van der Waals surface area contributed by atoms with Gasteiger partial charge in [-0.25, -0.2) is 17.6 Å². The number of thiophene rings is 1. The number of hydrogen-bond acceptors (Lipinski definition) is 9. The first-order chi connectivity index (χ1) is 22.0. The molecular formula is C32H29ClF4N6O2S. The van der Waals surface area contributed by atoms with Gasteiger partial charge < -0.3 is 20.1 Å². The molecule has 0 spiro atoms. The fourth-order valence-electron chi connectivity index (χ4n) is 8.04. The van der Waals surface area contributed by atoms with E-state index in [0.717, 1.165) is 49.8 Å². The van der Waals surface area contributed by atoms with Crippen molar-refractivity contribution in [1.29, 1.82) is 5.26 Å². The number of ether oxygens (including phenoxy) is 2. The molecule has 240 valence electrons. The van der Waals surface area contributed by atoms with Gasteiger partial charge in [-0.1, -0.05) is 24.6 Å². The Balaban J connectivity index is 1.34. The standard InChI is InChI=1S/C32H29ClF4N6O2S/c1-15-9-31(5-2-7-42(31)12-15)14-45-30-40-25-22-26(44-13-16-10-32(36,37)6-8-43(16)29(22)41-30)23(33)21(24(25)35)17-3-4-19(34)27-20(17)18(11-38)28(39)46-27/h3-4,15-16H,2,5-10,12-14,39H2,1H3/t15-,16?,31?/m1/s1. The fourth-order valence-corrected chi connectivity index (χ4v) is 9.32. The summed E-state index contributed by atoms with van der Waals surface area (Å²) >= 11 is 7.81. The number of piperidine rings is 1. The van der Waals surface area contributed by atoms with Gasteiger partial charge in [0.1, 0.15) is 41.4 Å². The number of nitrogens with zero attached hydrogens (tertiary/aromatic N) is 5. The molecule has 2 N–H and O–H groups in total. The third kappa shape index (κ3) is 4.40. The number of nitrogens with two attached hydrogens (primary N) is 1. The maximum atomic E-state index is 17.0. The summed E-state index contributed by atoms with van der Waals surface area (Å²) in [6.07, 6.45) is 2.07. The Morgan fingerprint density at radius 3 is 2.83 bits per heavy atom. The van der Waals surface area contributed by atoms with Crippen LogP contribution in [-0.4, -0.2) is 65.2 Å². The van der Waals surface area contributed by atoms with Gasteiger partial charge in [-0.15, -0.1) is 11.3 Å². The third-order valence-electron chi connectivity index (χ3n) is 10.00. The van der Waals surface area contributed by atoms with Crippen molar-refractivity contribution < 1.29 is 27.0 Å². The van der Waals surface area contributed by atoms with E-state index < -0.39 is 36.4 Å². The molecule has 4 aromatic rings. The Morgan fingerprint density at radius 1 is 1.20 bits per heavy atom. The Hall–Kier alpha value is -3.60. The Bertz CT molecular complexity index is 1980. The molecule has 8 rings (SSSR count). The lowest BCUT2D eigenvalue weighted by Gasteiger charge is -2.38. The minimum atomic E-state index is -2.91. The summed E-state index contributed by atoms with van der Waals surface area (Å²) in [5.41, 5.74) is 5.66. The van der Waals surface area contributed by atoms with Gasteiger partial charge >= 0.3 is 6.01 Å². The van der Waals surface area contributed by atoms with Crippen LogP contribution in [0.2, 0.25) is 5.02 Å². The maximum absolute atomic E-state index is 17.0. The number of rotatable bonds is 4. The molecule has 3 saturated heterocycles. The highest BCUT2D eigenvalue weighted by Crippen LogP contribution is 2.52. The summed E-state index contributed by atoms with van der Waals surface area (Å²) < 4.78 is 73.7. The maximum Gasteiger partial charge on any atom is 0.319 e. The number of hydrogen-bond donors (Lipinski definition) is 1. The highest BCUT2D eigenvalue weighted by atomic mass is 35.5. The first kappa shape index (κ1) is 29.8. The van der Waals surface area contributed by atoms with Gasteiger partial charge in [0.25, 0.3) is 5.92 Å². The summed E-state index contributed by atoms with van der Waals surface area (Å²) in [6, 6.07) is 3.64.